The number of ether oxygens (including phenoxy) is 2. The van der Waals surface area contributed by atoms with E-state index in [1.165, 1.54) is 6.92 Å². The first-order chi connectivity index (χ1) is 6.13. The van der Waals surface area contributed by atoms with Crippen molar-refractivity contribution in [3.05, 3.63) is 12.7 Å². The zero-order valence-electron chi connectivity index (χ0n) is 8.16. The maximum absolute atomic E-state index is 10.8. The lowest BCUT2D eigenvalue weighted by molar-refractivity contribution is -0.160. The largest absolute Gasteiger partial charge is 0.459 e. The van der Waals surface area contributed by atoms with E-state index < -0.39 is 0 Å². The molecule has 0 aromatic heterocycles. The van der Waals surface area contributed by atoms with Gasteiger partial charge in [-0.25, -0.2) is 0 Å². The van der Waals surface area contributed by atoms with Gasteiger partial charge < -0.3 is 9.47 Å². The molecular weight excluding hydrogens is 168 g/mol. The molecular formula is C10H16O3. The first kappa shape index (κ1) is 10.3. The Morgan fingerprint density at radius 3 is 2.92 bits per heavy atom. The zero-order chi connectivity index (χ0) is 9.84. The van der Waals surface area contributed by atoms with Gasteiger partial charge in [0.25, 0.3) is 0 Å². The second kappa shape index (κ2) is 4.42. The van der Waals surface area contributed by atoms with Gasteiger partial charge in [0, 0.05) is 6.92 Å². The second-order valence-corrected chi connectivity index (χ2v) is 3.52. The van der Waals surface area contributed by atoms with Crippen molar-refractivity contribution in [3.8, 4) is 0 Å². The predicted molar refractivity (Wildman–Crippen MR) is 49.3 cm³/mol. The van der Waals surface area contributed by atoms with E-state index in [0.717, 1.165) is 6.42 Å². The van der Waals surface area contributed by atoms with Crippen LogP contribution in [0.15, 0.2) is 12.7 Å². The molecule has 1 saturated heterocycles. The number of esters is 1. The summed E-state index contributed by atoms with van der Waals surface area (Å²) in [5, 5.41) is 0. The summed E-state index contributed by atoms with van der Waals surface area (Å²) in [7, 11) is 0. The van der Waals surface area contributed by atoms with Crippen molar-refractivity contribution < 1.29 is 14.3 Å². The Kier molecular flexibility index (Phi) is 3.48. The van der Waals surface area contributed by atoms with Gasteiger partial charge >= 0.3 is 5.97 Å². The smallest absolute Gasteiger partial charge is 0.303 e. The molecule has 0 aromatic carbocycles. The Balaban J connectivity index is 2.54. The van der Waals surface area contributed by atoms with Crippen LogP contribution in [0.5, 0.6) is 0 Å². The van der Waals surface area contributed by atoms with Crippen molar-refractivity contribution in [2.75, 3.05) is 6.61 Å². The lowest BCUT2D eigenvalue weighted by Crippen LogP contribution is -2.39. The van der Waals surface area contributed by atoms with Crippen LogP contribution in [0, 0.1) is 5.92 Å². The van der Waals surface area contributed by atoms with Crippen molar-refractivity contribution >= 4 is 5.97 Å². The number of carbonyl (C=O) groups is 1. The molecule has 3 atom stereocenters. The van der Waals surface area contributed by atoms with Crippen molar-refractivity contribution in [1.29, 1.82) is 0 Å². The van der Waals surface area contributed by atoms with Crippen LogP contribution in [-0.2, 0) is 14.3 Å². The highest BCUT2D eigenvalue weighted by Gasteiger charge is 2.29. The van der Waals surface area contributed by atoms with Crippen LogP contribution in [0.25, 0.3) is 0 Å². The van der Waals surface area contributed by atoms with Gasteiger partial charge in [0.05, 0.1) is 6.61 Å². The van der Waals surface area contributed by atoms with Gasteiger partial charge in [-0.15, -0.1) is 6.58 Å². The fourth-order valence-electron chi connectivity index (χ4n) is 1.53. The number of hydrogen-bond donors (Lipinski definition) is 0. The topological polar surface area (TPSA) is 35.5 Å². The summed E-state index contributed by atoms with van der Waals surface area (Å²) < 4.78 is 10.6. The summed E-state index contributed by atoms with van der Waals surface area (Å²) in [6, 6.07) is 0. The summed E-state index contributed by atoms with van der Waals surface area (Å²) in [5.74, 6) is 0.190. The van der Waals surface area contributed by atoms with Gasteiger partial charge in [0.1, 0.15) is 12.2 Å². The van der Waals surface area contributed by atoms with Crippen LogP contribution in [0.3, 0.4) is 0 Å². The van der Waals surface area contributed by atoms with E-state index >= 15 is 0 Å². The fourth-order valence-corrected chi connectivity index (χ4v) is 1.53. The first-order valence-electron chi connectivity index (χ1n) is 4.55. The van der Waals surface area contributed by atoms with Crippen LogP contribution >= 0.6 is 0 Å². The normalized spacial score (nSPS) is 33.8. The monoisotopic (exact) mass is 184 g/mol. The summed E-state index contributed by atoms with van der Waals surface area (Å²) >= 11 is 0. The number of rotatable bonds is 2. The van der Waals surface area contributed by atoms with E-state index in [9.17, 15) is 4.79 Å². The van der Waals surface area contributed by atoms with Gasteiger partial charge in [0.2, 0.25) is 0 Å². The molecule has 0 aliphatic carbocycles. The lowest BCUT2D eigenvalue weighted by atomic mass is 9.97. The maximum atomic E-state index is 10.8. The molecule has 0 saturated carbocycles. The van der Waals surface area contributed by atoms with Gasteiger partial charge in [-0.1, -0.05) is 13.0 Å². The highest BCUT2D eigenvalue weighted by Crippen LogP contribution is 2.22. The Hall–Kier alpha value is -0.830. The molecule has 0 unspecified atom stereocenters. The molecule has 3 heteroatoms. The molecule has 74 valence electrons. The molecule has 0 amide bonds. The second-order valence-electron chi connectivity index (χ2n) is 3.52. The van der Waals surface area contributed by atoms with E-state index in [0.29, 0.717) is 12.5 Å². The van der Waals surface area contributed by atoms with E-state index in [4.69, 9.17) is 9.47 Å². The SMILES string of the molecule is C=C[C@@H]1OC[C@H](C)C[C@H]1OC(C)=O. The first-order valence-corrected chi connectivity index (χ1v) is 4.55. The molecule has 1 rings (SSSR count). The van der Waals surface area contributed by atoms with Crippen LogP contribution in [0.4, 0.5) is 0 Å². The summed E-state index contributed by atoms with van der Waals surface area (Å²) in [4.78, 5) is 10.8. The minimum absolute atomic E-state index is 0.139. The van der Waals surface area contributed by atoms with Gasteiger partial charge in [-0.3, -0.25) is 4.79 Å². The Morgan fingerprint density at radius 1 is 1.69 bits per heavy atom. The highest BCUT2D eigenvalue weighted by molar-refractivity contribution is 5.66. The van der Waals surface area contributed by atoms with Gasteiger partial charge in [-0.2, -0.15) is 0 Å². The average Bonchev–Trinajstić information content (AvgIpc) is 2.03. The third-order valence-electron chi connectivity index (χ3n) is 2.12. The molecule has 1 aliphatic heterocycles. The number of carbonyl (C=O) groups excluding carboxylic acids is 1. The minimum Gasteiger partial charge on any atom is -0.459 e. The van der Waals surface area contributed by atoms with Gasteiger partial charge in [0.15, 0.2) is 0 Å². The Bertz CT molecular complexity index is 200. The maximum Gasteiger partial charge on any atom is 0.303 e. The van der Waals surface area contributed by atoms with Crippen LogP contribution < -0.4 is 0 Å². The van der Waals surface area contributed by atoms with E-state index in [1.807, 2.05) is 0 Å². The quantitative estimate of drug-likeness (QED) is 0.482. The predicted octanol–water partition coefficient (Wildman–Crippen LogP) is 1.53. The molecule has 1 aliphatic rings. The third-order valence-corrected chi connectivity index (χ3v) is 2.12. The lowest BCUT2D eigenvalue weighted by Gasteiger charge is -2.32. The van der Waals surface area contributed by atoms with Crippen molar-refractivity contribution in [1.82, 2.24) is 0 Å². The summed E-state index contributed by atoms with van der Waals surface area (Å²) in [6.45, 7) is 7.86. The van der Waals surface area contributed by atoms with Crippen LogP contribution in [-0.4, -0.2) is 24.8 Å². The van der Waals surface area contributed by atoms with E-state index in [2.05, 4.69) is 13.5 Å². The molecule has 0 aromatic rings. The van der Waals surface area contributed by atoms with E-state index in [-0.39, 0.29) is 18.2 Å². The molecule has 0 radical (unpaired) electrons. The molecule has 1 heterocycles. The molecule has 0 N–H and O–H groups in total. The molecule has 13 heavy (non-hydrogen) atoms. The minimum atomic E-state index is -0.255. The Labute approximate surface area is 78.7 Å². The fraction of sp³-hybridized carbons (Fsp3) is 0.700. The summed E-state index contributed by atoms with van der Waals surface area (Å²) in [6.07, 6.45) is 2.26. The van der Waals surface area contributed by atoms with Crippen LogP contribution in [0.1, 0.15) is 20.3 Å². The standard InChI is InChI=1S/C10H16O3/c1-4-9-10(13-8(3)11)5-7(2)6-12-9/h4,7,9-10H,1,5-6H2,2-3H3/t7-,9+,10-/m1/s1. The highest BCUT2D eigenvalue weighted by atomic mass is 16.6. The van der Waals surface area contributed by atoms with Crippen LogP contribution in [0.2, 0.25) is 0 Å². The van der Waals surface area contributed by atoms with Crippen molar-refractivity contribution in [2.45, 2.75) is 32.5 Å². The molecule has 0 spiro atoms. The molecule has 1 fully saturated rings. The van der Waals surface area contributed by atoms with Crippen molar-refractivity contribution in [3.63, 3.8) is 0 Å². The summed E-state index contributed by atoms with van der Waals surface area (Å²) in [5.41, 5.74) is 0. The van der Waals surface area contributed by atoms with Crippen molar-refractivity contribution in [2.24, 2.45) is 5.92 Å². The molecule has 0 bridgehead atoms. The zero-order valence-corrected chi connectivity index (χ0v) is 8.16. The number of hydrogen-bond acceptors (Lipinski definition) is 3. The van der Waals surface area contributed by atoms with E-state index in [1.54, 1.807) is 6.08 Å². The average molecular weight is 184 g/mol. The third kappa shape index (κ3) is 2.84. The van der Waals surface area contributed by atoms with Gasteiger partial charge in [-0.05, 0) is 12.3 Å². The Morgan fingerprint density at radius 2 is 2.38 bits per heavy atom. The molecule has 3 nitrogen and oxygen atoms in total.